The summed E-state index contributed by atoms with van der Waals surface area (Å²) in [7, 11) is 0. The van der Waals surface area contributed by atoms with Gasteiger partial charge in [0.1, 0.15) is 11.8 Å². The number of amides is 3. The summed E-state index contributed by atoms with van der Waals surface area (Å²) in [5, 5.41) is 2.71. The molecule has 0 aliphatic carbocycles. The number of aromatic nitrogens is 1. The second-order valence-electron chi connectivity index (χ2n) is 8.73. The van der Waals surface area contributed by atoms with Crippen molar-refractivity contribution >= 4 is 68.1 Å². The maximum atomic E-state index is 13.5. The van der Waals surface area contributed by atoms with Crippen LogP contribution in [-0.2, 0) is 26.3 Å². The summed E-state index contributed by atoms with van der Waals surface area (Å²) in [6.45, 7) is 3.62. The molecule has 1 saturated heterocycles. The van der Waals surface area contributed by atoms with Gasteiger partial charge in [0.05, 0.1) is 16.6 Å². The zero-order chi connectivity index (χ0) is 24.2. The van der Waals surface area contributed by atoms with Gasteiger partial charge in [-0.15, -0.1) is 0 Å². The maximum absolute atomic E-state index is 13.5. The van der Waals surface area contributed by atoms with E-state index in [9.17, 15) is 19.2 Å². The van der Waals surface area contributed by atoms with Crippen LogP contribution in [0.3, 0.4) is 0 Å². The molecular formula is C24H20BrN3O4S2. The van der Waals surface area contributed by atoms with Gasteiger partial charge in [0.2, 0.25) is 17.7 Å². The molecule has 7 nitrogen and oxygen atoms in total. The third-order valence-electron chi connectivity index (χ3n) is 6.15. The van der Waals surface area contributed by atoms with E-state index in [0.717, 1.165) is 20.7 Å². The van der Waals surface area contributed by atoms with Crippen LogP contribution in [0.15, 0.2) is 68.9 Å². The van der Waals surface area contributed by atoms with E-state index in [1.807, 2.05) is 32.0 Å². The highest BCUT2D eigenvalue weighted by Crippen LogP contribution is 2.54. The number of hydrogen-bond donors (Lipinski definition) is 1. The molecule has 0 radical (unpaired) electrons. The molecule has 1 N–H and O–H groups in total. The first-order valence-corrected chi connectivity index (χ1v) is 13.1. The Morgan fingerprint density at radius 2 is 1.71 bits per heavy atom. The van der Waals surface area contributed by atoms with E-state index >= 15 is 0 Å². The molecule has 0 saturated carbocycles. The molecule has 2 atom stereocenters. The number of anilines is 2. The number of halogens is 1. The van der Waals surface area contributed by atoms with E-state index in [1.165, 1.54) is 21.2 Å². The van der Waals surface area contributed by atoms with Crippen molar-refractivity contribution in [3.63, 3.8) is 0 Å². The van der Waals surface area contributed by atoms with Gasteiger partial charge in [0, 0.05) is 20.5 Å². The SMILES string of the molecule is CC1(C)c2sc(=O)n(CC(=O)Nc3ccccc3)c2S[C@@H]2C(=O)N(c3ccc(Br)cc3)C(=O)[C@@H]21. The molecule has 1 fully saturated rings. The summed E-state index contributed by atoms with van der Waals surface area (Å²) in [5.74, 6) is -1.51. The lowest BCUT2D eigenvalue weighted by molar-refractivity contribution is -0.123. The van der Waals surface area contributed by atoms with Crippen LogP contribution in [-0.4, -0.2) is 27.5 Å². The highest BCUT2D eigenvalue weighted by atomic mass is 79.9. The number of fused-ring (bicyclic) bond motifs is 2. The lowest BCUT2D eigenvalue weighted by Crippen LogP contribution is -2.41. The van der Waals surface area contributed by atoms with Crippen molar-refractivity contribution in [3.05, 3.63) is 73.6 Å². The van der Waals surface area contributed by atoms with E-state index in [-0.39, 0.29) is 29.1 Å². The Bertz CT molecular complexity index is 1370. The number of thioether (sulfide) groups is 1. The smallest absolute Gasteiger partial charge is 0.308 e. The predicted molar refractivity (Wildman–Crippen MR) is 136 cm³/mol. The fraction of sp³-hybridized carbons (Fsp3) is 0.250. The largest absolute Gasteiger partial charge is 0.325 e. The van der Waals surface area contributed by atoms with Gasteiger partial charge >= 0.3 is 4.87 Å². The topological polar surface area (TPSA) is 88.5 Å². The Labute approximate surface area is 212 Å². The number of benzene rings is 2. The molecule has 2 aromatic carbocycles. The van der Waals surface area contributed by atoms with E-state index < -0.39 is 16.6 Å². The van der Waals surface area contributed by atoms with Gasteiger partial charge in [-0.3, -0.25) is 23.7 Å². The molecule has 3 amide bonds. The molecule has 2 aliphatic rings. The molecule has 174 valence electrons. The van der Waals surface area contributed by atoms with Crippen LogP contribution in [0.25, 0.3) is 0 Å². The minimum Gasteiger partial charge on any atom is -0.325 e. The van der Waals surface area contributed by atoms with Gasteiger partial charge in [-0.25, -0.2) is 4.90 Å². The maximum Gasteiger partial charge on any atom is 0.308 e. The fourth-order valence-electron chi connectivity index (χ4n) is 4.48. The summed E-state index contributed by atoms with van der Waals surface area (Å²) < 4.78 is 2.27. The number of carbonyl (C=O) groups is 3. The summed E-state index contributed by atoms with van der Waals surface area (Å²) in [6.07, 6.45) is 0. The van der Waals surface area contributed by atoms with Crippen molar-refractivity contribution in [3.8, 4) is 0 Å². The van der Waals surface area contributed by atoms with E-state index in [0.29, 0.717) is 16.4 Å². The third-order valence-corrected chi connectivity index (χ3v) is 9.50. The van der Waals surface area contributed by atoms with Gasteiger partial charge in [-0.1, -0.05) is 71.1 Å². The number of carbonyl (C=O) groups excluding carboxylic acids is 3. The monoisotopic (exact) mass is 557 g/mol. The Morgan fingerprint density at radius 1 is 1.03 bits per heavy atom. The number of nitrogens with one attached hydrogen (secondary N) is 1. The number of rotatable bonds is 4. The van der Waals surface area contributed by atoms with E-state index in [2.05, 4.69) is 21.2 Å². The number of para-hydroxylation sites is 1. The highest BCUT2D eigenvalue weighted by Gasteiger charge is 2.59. The molecule has 3 aromatic rings. The Hall–Kier alpha value is -2.69. The van der Waals surface area contributed by atoms with Gasteiger partial charge in [-0.05, 0) is 36.4 Å². The summed E-state index contributed by atoms with van der Waals surface area (Å²) in [5.41, 5.74) is 0.416. The number of thiazole rings is 1. The average Bonchev–Trinajstić information content (AvgIpc) is 3.24. The van der Waals surface area contributed by atoms with E-state index in [1.54, 1.807) is 36.4 Å². The van der Waals surface area contributed by atoms with Crippen molar-refractivity contribution < 1.29 is 14.4 Å². The number of imide groups is 1. The Morgan fingerprint density at radius 3 is 2.38 bits per heavy atom. The van der Waals surface area contributed by atoms with Crippen molar-refractivity contribution in [2.45, 2.75) is 36.1 Å². The van der Waals surface area contributed by atoms with Crippen LogP contribution in [0, 0.1) is 5.92 Å². The molecule has 0 bridgehead atoms. The van der Waals surface area contributed by atoms with Crippen LogP contribution in [0.1, 0.15) is 18.7 Å². The van der Waals surface area contributed by atoms with Gasteiger partial charge < -0.3 is 5.32 Å². The molecule has 0 spiro atoms. The van der Waals surface area contributed by atoms with E-state index in [4.69, 9.17) is 0 Å². The molecule has 10 heteroatoms. The summed E-state index contributed by atoms with van der Waals surface area (Å²) in [6, 6.07) is 16.0. The molecule has 5 rings (SSSR count). The fourth-order valence-corrected chi connectivity index (χ4v) is 7.78. The molecule has 3 heterocycles. The highest BCUT2D eigenvalue weighted by molar-refractivity contribution is 9.10. The van der Waals surface area contributed by atoms with Crippen LogP contribution < -0.4 is 15.1 Å². The first-order chi connectivity index (χ1) is 16.2. The average molecular weight is 558 g/mol. The second-order valence-corrected chi connectivity index (χ2v) is 11.7. The normalized spacial score (nSPS) is 20.7. The lowest BCUT2D eigenvalue weighted by atomic mass is 9.76. The van der Waals surface area contributed by atoms with Crippen LogP contribution in [0.4, 0.5) is 11.4 Å². The predicted octanol–water partition coefficient (Wildman–Crippen LogP) is 4.25. The first-order valence-electron chi connectivity index (χ1n) is 10.6. The number of hydrogen-bond acceptors (Lipinski definition) is 6. The van der Waals surface area contributed by atoms with Gasteiger partial charge in [0.25, 0.3) is 0 Å². The minimum atomic E-state index is -0.743. The van der Waals surface area contributed by atoms with Crippen LogP contribution in [0.5, 0.6) is 0 Å². The summed E-state index contributed by atoms with van der Waals surface area (Å²) in [4.78, 5) is 54.2. The lowest BCUT2D eigenvalue weighted by Gasteiger charge is -2.36. The first kappa shape index (κ1) is 23.1. The third kappa shape index (κ3) is 3.73. The molecular weight excluding hydrogens is 538 g/mol. The molecule has 34 heavy (non-hydrogen) atoms. The van der Waals surface area contributed by atoms with Crippen molar-refractivity contribution in [2.75, 3.05) is 10.2 Å². The Kier molecular flexibility index (Phi) is 5.78. The minimum absolute atomic E-state index is 0.168. The number of nitrogens with zero attached hydrogens (tertiary/aromatic N) is 2. The second kappa shape index (κ2) is 8.51. The molecule has 1 aromatic heterocycles. The van der Waals surface area contributed by atoms with Gasteiger partial charge in [0.15, 0.2) is 0 Å². The Balaban J connectivity index is 1.48. The van der Waals surface area contributed by atoms with Crippen molar-refractivity contribution in [1.82, 2.24) is 4.57 Å². The van der Waals surface area contributed by atoms with Gasteiger partial charge in [-0.2, -0.15) is 0 Å². The zero-order valence-corrected chi connectivity index (χ0v) is 21.5. The molecule has 2 aliphatic heterocycles. The van der Waals surface area contributed by atoms with Crippen LogP contribution >= 0.6 is 39.0 Å². The standard InChI is InChI=1S/C24H20BrN3O4S2/c1-24(2)17-18(21(31)28(20(17)30)15-10-8-13(25)9-11-15)33-22-19(24)34-23(32)27(22)12-16(29)26-14-6-4-3-5-7-14/h3-11,17-18H,12H2,1-2H3,(H,26,29)/t17-,18+/m1/s1. The zero-order valence-electron chi connectivity index (χ0n) is 18.3. The quantitative estimate of drug-likeness (QED) is 0.484. The van der Waals surface area contributed by atoms with Crippen molar-refractivity contribution in [1.29, 1.82) is 0 Å². The van der Waals surface area contributed by atoms with Crippen LogP contribution in [0.2, 0.25) is 0 Å². The summed E-state index contributed by atoms with van der Waals surface area (Å²) >= 11 is 5.63. The molecule has 0 unspecified atom stereocenters. The van der Waals surface area contributed by atoms with Crippen molar-refractivity contribution in [2.24, 2.45) is 5.92 Å².